The molecule has 0 spiro atoms. The maximum atomic E-state index is 5.41. The van der Waals surface area contributed by atoms with E-state index in [1.54, 1.807) is 14.2 Å². The molecule has 3 aromatic carbocycles. The normalized spacial score (nSPS) is 11.2. The van der Waals surface area contributed by atoms with Gasteiger partial charge in [-0.25, -0.2) is 0 Å². The standard InChI is InChI=1S/C29H35N3O2/c1-19-15-20(2)28(21(3)16-19)24-10-7-9-23-25(32(4)31-29(23)24)11-8-14-30-18-22-12-13-26(33-5)27(17-22)34-6/h7,9-10,12-13,15-17,30H,8,11,14,18H2,1-6H3. The molecule has 5 heteroatoms. The Hall–Kier alpha value is -3.31. The van der Waals surface area contributed by atoms with E-state index in [1.807, 2.05) is 12.1 Å². The van der Waals surface area contributed by atoms with Gasteiger partial charge in [-0.15, -0.1) is 0 Å². The van der Waals surface area contributed by atoms with Crippen LogP contribution in [-0.2, 0) is 20.0 Å². The van der Waals surface area contributed by atoms with Crippen molar-refractivity contribution >= 4 is 10.9 Å². The molecule has 1 N–H and O–H groups in total. The van der Waals surface area contributed by atoms with Crippen molar-refractivity contribution in [2.24, 2.45) is 7.05 Å². The first kappa shape index (κ1) is 23.8. The highest BCUT2D eigenvalue weighted by Crippen LogP contribution is 2.34. The minimum atomic E-state index is 0.754. The number of hydrogen-bond donors (Lipinski definition) is 1. The number of benzene rings is 3. The van der Waals surface area contributed by atoms with Gasteiger partial charge in [0.25, 0.3) is 0 Å². The molecular formula is C29H35N3O2. The largest absolute Gasteiger partial charge is 0.493 e. The molecule has 0 atom stereocenters. The highest BCUT2D eigenvalue weighted by Gasteiger charge is 2.16. The lowest BCUT2D eigenvalue weighted by molar-refractivity contribution is 0.354. The fraction of sp³-hybridized carbons (Fsp3) is 0.345. The molecule has 0 amide bonds. The third kappa shape index (κ3) is 4.80. The molecule has 0 aliphatic carbocycles. The molecule has 0 radical (unpaired) electrons. The molecule has 0 saturated heterocycles. The van der Waals surface area contributed by atoms with Gasteiger partial charge in [-0.05, 0) is 74.5 Å². The summed E-state index contributed by atoms with van der Waals surface area (Å²) in [4.78, 5) is 0. The first-order valence-corrected chi connectivity index (χ1v) is 11.9. The Morgan fingerprint density at radius 3 is 2.35 bits per heavy atom. The van der Waals surface area contributed by atoms with Crippen LogP contribution in [-0.4, -0.2) is 30.5 Å². The van der Waals surface area contributed by atoms with E-state index in [-0.39, 0.29) is 0 Å². The highest BCUT2D eigenvalue weighted by atomic mass is 16.5. The maximum absolute atomic E-state index is 5.41. The Balaban J connectivity index is 1.46. The predicted molar refractivity (Wildman–Crippen MR) is 140 cm³/mol. The summed E-state index contributed by atoms with van der Waals surface area (Å²) in [5.74, 6) is 1.52. The van der Waals surface area contributed by atoms with Crippen molar-refractivity contribution in [2.45, 2.75) is 40.2 Å². The minimum absolute atomic E-state index is 0.754. The molecule has 4 aromatic rings. The van der Waals surface area contributed by atoms with Crippen LogP contribution in [0.5, 0.6) is 11.5 Å². The van der Waals surface area contributed by atoms with Gasteiger partial charge in [-0.3, -0.25) is 4.68 Å². The van der Waals surface area contributed by atoms with E-state index in [1.165, 1.54) is 44.5 Å². The van der Waals surface area contributed by atoms with Crippen molar-refractivity contribution in [3.05, 3.63) is 76.5 Å². The lowest BCUT2D eigenvalue weighted by atomic mass is 9.92. The second-order valence-electron chi connectivity index (χ2n) is 9.02. The quantitative estimate of drug-likeness (QED) is 0.318. The number of aromatic nitrogens is 2. The van der Waals surface area contributed by atoms with E-state index in [0.29, 0.717) is 0 Å². The number of nitrogens with zero attached hydrogens (tertiary/aromatic N) is 2. The van der Waals surface area contributed by atoms with Crippen LogP contribution in [0.2, 0.25) is 0 Å². The van der Waals surface area contributed by atoms with Gasteiger partial charge in [0.05, 0.1) is 14.2 Å². The number of aryl methyl sites for hydroxylation is 5. The van der Waals surface area contributed by atoms with Crippen LogP contribution in [0.15, 0.2) is 48.5 Å². The van der Waals surface area contributed by atoms with E-state index < -0.39 is 0 Å². The molecule has 4 rings (SSSR count). The number of methoxy groups -OCH3 is 2. The average molecular weight is 458 g/mol. The summed E-state index contributed by atoms with van der Waals surface area (Å²) in [6.45, 7) is 8.27. The molecule has 0 aliphatic rings. The van der Waals surface area contributed by atoms with Crippen molar-refractivity contribution in [3.63, 3.8) is 0 Å². The summed E-state index contributed by atoms with van der Waals surface area (Å²) in [6, 6.07) is 17.1. The number of nitrogens with one attached hydrogen (secondary N) is 1. The molecule has 0 bridgehead atoms. The number of fused-ring (bicyclic) bond motifs is 1. The van der Waals surface area contributed by atoms with Gasteiger partial charge in [0.2, 0.25) is 0 Å². The Kier molecular flexibility index (Phi) is 7.23. The van der Waals surface area contributed by atoms with Crippen molar-refractivity contribution < 1.29 is 9.47 Å². The van der Waals surface area contributed by atoms with Crippen LogP contribution >= 0.6 is 0 Å². The molecule has 178 valence electrons. The summed E-state index contributed by atoms with van der Waals surface area (Å²) in [7, 11) is 5.38. The van der Waals surface area contributed by atoms with Crippen LogP contribution < -0.4 is 14.8 Å². The Bertz CT molecular complexity index is 1280. The molecule has 1 heterocycles. The monoisotopic (exact) mass is 457 g/mol. The van der Waals surface area contributed by atoms with Crippen molar-refractivity contribution in [2.75, 3.05) is 20.8 Å². The summed E-state index contributed by atoms with van der Waals surface area (Å²) in [6.07, 6.45) is 2.01. The van der Waals surface area contributed by atoms with Gasteiger partial charge < -0.3 is 14.8 Å². The van der Waals surface area contributed by atoms with Crippen molar-refractivity contribution in [1.82, 2.24) is 15.1 Å². The Morgan fingerprint density at radius 1 is 0.912 bits per heavy atom. The molecule has 0 unspecified atom stereocenters. The van der Waals surface area contributed by atoms with Gasteiger partial charge in [0.1, 0.15) is 5.52 Å². The zero-order chi connectivity index (χ0) is 24.2. The second-order valence-corrected chi connectivity index (χ2v) is 9.02. The van der Waals surface area contributed by atoms with Gasteiger partial charge in [-0.1, -0.05) is 42.0 Å². The number of hydrogen-bond acceptors (Lipinski definition) is 4. The van der Waals surface area contributed by atoms with Crippen LogP contribution in [0.25, 0.3) is 22.0 Å². The van der Waals surface area contributed by atoms with E-state index in [2.05, 4.69) is 74.2 Å². The van der Waals surface area contributed by atoms with Gasteiger partial charge in [0, 0.05) is 30.2 Å². The molecular weight excluding hydrogens is 422 g/mol. The SMILES string of the molecule is COc1ccc(CNCCCc2c3cccc(-c4c(C)cc(C)cc4C)c3nn2C)cc1OC. The fourth-order valence-electron chi connectivity index (χ4n) is 4.98. The first-order valence-electron chi connectivity index (χ1n) is 11.9. The highest BCUT2D eigenvalue weighted by molar-refractivity contribution is 5.96. The van der Waals surface area contributed by atoms with Crippen LogP contribution in [0, 0.1) is 20.8 Å². The van der Waals surface area contributed by atoms with Crippen LogP contribution in [0.3, 0.4) is 0 Å². The molecule has 0 aliphatic heterocycles. The maximum Gasteiger partial charge on any atom is 0.161 e. The van der Waals surface area contributed by atoms with E-state index >= 15 is 0 Å². The molecule has 1 aromatic heterocycles. The smallest absolute Gasteiger partial charge is 0.161 e. The van der Waals surface area contributed by atoms with Gasteiger partial charge >= 0.3 is 0 Å². The lowest BCUT2D eigenvalue weighted by Gasteiger charge is -2.12. The zero-order valence-electron chi connectivity index (χ0n) is 21.2. The number of ether oxygens (including phenoxy) is 2. The molecule has 0 saturated carbocycles. The average Bonchev–Trinajstić information content (AvgIpc) is 3.14. The fourth-order valence-corrected chi connectivity index (χ4v) is 4.98. The molecule has 5 nitrogen and oxygen atoms in total. The Labute approximate surface area is 202 Å². The second kappa shape index (κ2) is 10.3. The number of rotatable bonds is 9. The van der Waals surface area contributed by atoms with Crippen LogP contribution in [0.4, 0.5) is 0 Å². The lowest BCUT2D eigenvalue weighted by Crippen LogP contribution is -2.16. The Morgan fingerprint density at radius 2 is 1.65 bits per heavy atom. The zero-order valence-corrected chi connectivity index (χ0v) is 21.2. The molecule has 0 fully saturated rings. The minimum Gasteiger partial charge on any atom is -0.493 e. The summed E-state index contributed by atoms with van der Waals surface area (Å²) in [5, 5.41) is 9.75. The van der Waals surface area contributed by atoms with E-state index in [0.717, 1.165) is 42.9 Å². The van der Waals surface area contributed by atoms with E-state index in [9.17, 15) is 0 Å². The first-order chi connectivity index (χ1) is 16.4. The van der Waals surface area contributed by atoms with Crippen molar-refractivity contribution in [3.8, 4) is 22.6 Å². The third-order valence-corrected chi connectivity index (χ3v) is 6.48. The van der Waals surface area contributed by atoms with Crippen LogP contribution in [0.1, 0.15) is 34.4 Å². The van der Waals surface area contributed by atoms with Crippen molar-refractivity contribution in [1.29, 1.82) is 0 Å². The summed E-state index contributed by atoms with van der Waals surface area (Å²) < 4.78 is 12.8. The van der Waals surface area contributed by atoms with Gasteiger partial charge in [-0.2, -0.15) is 5.10 Å². The van der Waals surface area contributed by atoms with E-state index in [4.69, 9.17) is 14.6 Å². The third-order valence-electron chi connectivity index (χ3n) is 6.48. The summed E-state index contributed by atoms with van der Waals surface area (Å²) >= 11 is 0. The topological polar surface area (TPSA) is 48.3 Å². The predicted octanol–water partition coefficient (Wildman–Crippen LogP) is 5.91. The summed E-state index contributed by atoms with van der Waals surface area (Å²) in [5.41, 5.74) is 9.98. The molecule has 34 heavy (non-hydrogen) atoms. The van der Waals surface area contributed by atoms with Gasteiger partial charge in [0.15, 0.2) is 11.5 Å².